The third kappa shape index (κ3) is 3.42. The molecule has 5 nitrogen and oxygen atoms in total. The zero-order valence-electron chi connectivity index (χ0n) is 13.2. The fourth-order valence-corrected chi connectivity index (χ4v) is 2.12. The van der Waals surface area contributed by atoms with Crippen LogP contribution in [0.5, 0.6) is 11.6 Å². The molecule has 21 heavy (non-hydrogen) atoms. The van der Waals surface area contributed by atoms with E-state index < -0.39 is 0 Å². The molecule has 0 atom stereocenters. The first-order valence-corrected chi connectivity index (χ1v) is 7.00. The van der Waals surface area contributed by atoms with E-state index in [9.17, 15) is 0 Å². The fraction of sp³-hybridized carbons (Fsp3) is 0.375. The maximum absolute atomic E-state index is 5.99. The number of ether oxygens (including phenoxy) is 1. The summed E-state index contributed by atoms with van der Waals surface area (Å²) in [6.07, 6.45) is 1.52. The van der Waals surface area contributed by atoms with Gasteiger partial charge in [0.1, 0.15) is 17.9 Å². The number of benzene rings is 1. The Balaban J connectivity index is 2.37. The normalized spacial score (nSPS) is 10.6. The molecule has 2 aromatic rings. The molecule has 112 valence electrons. The van der Waals surface area contributed by atoms with Crippen LogP contribution in [0.2, 0.25) is 0 Å². The number of rotatable bonds is 5. The monoisotopic (exact) mass is 286 g/mol. The van der Waals surface area contributed by atoms with Crippen LogP contribution in [0.3, 0.4) is 0 Å². The van der Waals surface area contributed by atoms with E-state index in [1.807, 2.05) is 50.3 Å². The summed E-state index contributed by atoms with van der Waals surface area (Å²) in [5, 5.41) is 3.09. The molecular weight excluding hydrogens is 264 g/mol. The van der Waals surface area contributed by atoms with Crippen LogP contribution in [0.25, 0.3) is 0 Å². The molecule has 0 unspecified atom stereocenters. The van der Waals surface area contributed by atoms with Crippen molar-refractivity contribution in [3.63, 3.8) is 0 Å². The predicted octanol–water partition coefficient (Wildman–Crippen LogP) is 3.50. The topological polar surface area (TPSA) is 50.3 Å². The van der Waals surface area contributed by atoms with Crippen LogP contribution in [-0.4, -0.2) is 31.1 Å². The second-order valence-electron chi connectivity index (χ2n) is 5.34. The Kier molecular flexibility index (Phi) is 4.62. The highest BCUT2D eigenvalue weighted by molar-refractivity contribution is 5.53. The molecule has 2 rings (SSSR count). The Bertz CT molecular complexity index is 611. The van der Waals surface area contributed by atoms with Crippen LogP contribution in [-0.2, 0) is 0 Å². The molecule has 0 saturated heterocycles. The quantitative estimate of drug-likeness (QED) is 0.911. The number of nitrogens with zero attached hydrogens (tertiary/aromatic N) is 3. The molecule has 0 amide bonds. The Morgan fingerprint density at radius 1 is 1.19 bits per heavy atom. The summed E-state index contributed by atoms with van der Waals surface area (Å²) in [6, 6.07) is 7.93. The fourth-order valence-electron chi connectivity index (χ4n) is 2.12. The molecule has 0 saturated carbocycles. The van der Waals surface area contributed by atoms with E-state index in [4.69, 9.17) is 4.74 Å². The van der Waals surface area contributed by atoms with Gasteiger partial charge < -0.3 is 15.0 Å². The van der Waals surface area contributed by atoms with Crippen molar-refractivity contribution in [3.8, 4) is 11.6 Å². The van der Waals surface area contributed by atoms with Gasteiger partial charge in [0, 0.05) is 32.9 Å². The zero-order chi connectivity index (χ0) is 15.4. The van der Waals surface area contributed by atoms with Crippen LogP contribution in [0.1, 0.15) is 25.3 Å². The Morgan fingerprint density at radius 2 is 1.95 bits per heavy atom. The van der Waals surface area contributed by atoms with Crippen molar-refractivity contribution < 1.29 is 4.74 Å². The third-order valence-corrected chi connectivity index (χ3v) is 3.21. The van der Waals surface area contributed by atoms with Crippen molar-refractivity contribution >= 4 is 11.5 Å². The number of hydrogen-bond acceptors (Lipinski definition) is 5. The van der Waals surface area contributed by atoms with Gasteiger partial charge >= 0.3 is 0 Å². The minimum atomic E-state index is 0.265. The lowest BCUT2D eigenvalue weighted by Gasteiger charge is -2.17. The molecule has 1 N–H and O–H groups in total. The first kappa shape index (κ1) is 15.1. The lowest BCUT2D eigenvalue weighted by molar-refractivity contribution is 0.452. The molecule has 1 aromatic carbocycles. The second kappa shape index (κ2) is 6.43. The van der Waals surface area contributed by atoms with E-state index in [0.29, 0.717) is 5.88 Å². The summed E-state index contributed by atoms with van der Waals surface area (Å²) < 4.78 is 5.99. The van der Waals surface area contributed by atoms with Crippen molar-refractivity contribution in [1.82, 2.24) is 9.97 Å². The molecule has 0 spiro atoms. The van der Waals surface area contributed by atoms with Crippen LogP contribution in [0, 0.1) is 0 Å². The summed E-state index contributed by atoms with van der Waals surface area (Å²) in [6.45, 7) is 4.20. The van der Waals surface area contributed by atoms with Crippen LogP contribution >= 0.6 is 0 Å². The highest BCUT2D eigenvalue weighted by Gasteiger charge is 2.16. The number of hydrogen-bond donors (Lipinski definition) is 1. The second-order valence-corrected chi connectivity index (χ2v) is 5.34. The summed E-state index contributed by atoms with van der Waals surface area (Å²) in [7, 11) is 5.86. The van der Waals surface area contributed by atoms with Gasteiger partial charge in [-0.2, -0.15) is 0 Å². The molecule has 0 fully saturated rings. The molecule has 0 bridgehead atoms. The van der Waals surface area contributed by atoms with Crippen LogP contribution in [0.15, 0.2) is 30.6 Å². The average molecular weight is 286 g/mol. The molecule has 0 aliphatic rings. The summed E-state index contributed by atoms with van der Waals surface area (Å²) in [4.78, 5) is 10.6. The SMILES string of the molecule is CNc1ncnc(Oc2cccc(N(C)C)c2)c1C(C)C. The first-order valence-electron chi connectivity index (χ1n) is 7.00. The molecule has 1 heterocycles. The lowest BCUT2D eigenvalue weighted by atomic mass is 10.1. The van der Waals surface area contributed by atoms with Gasteiger partial charge in [0.05, 0.1) is 5.56 Å². The Morgan fingerprint density at radius 3 is 2.57 bits per heavy atom. The van der Waals surface area contributed by atoms with Crippen molar-refractivity contribution in [1.29, 1.82) is 0 Å². The Hall–Kier alpha value is -2.30. The van der Waals surface area contributed by atoms with Crippen molar-refractivity contribution in [2.75, 3.05) is 31.4 Å². The van der Waals surface area contributed by atoms with Gasteiger partial charge in [0.15, 0.2) is 0 Å². The molecule has 1 aromatic heterocycles. The van der Waals surface area contributed by atoms with E-state index in [1.165, 1.54) is 6.33 Å². The van der Waals surface area contributed by atoms with Gasteiger partial charge in [-0.3, -0.25) is 0 Å². The van der Waals surface area contributed by atoms with Crippen molar-refractivity contribution in [3.05, 3.63) is 36.2 Å². The van der Waals surface area contributed by atoms with E-state index in [2.05, 4.69) is 29.1 Å². The van der Waals surface area contributed by atoms with Gasteiger partial charge in [0.25, 0.3) is 0 Å². The van der Waals surface area contributed by atoms with Crippen LogP contribution < -0.4 is 15.0 Å². The summed E-state index contributed by atoms with van der Waals surface area (Å²) >= 11 is 0. The third-order valence-electron chi connectivity index (χ3n) is 3.21. The first-order chi connectivity index (χ1) is 10.0. The van der Waals surface area contributed by atoms with E-state index in [0.717, 1.165) is 22.8 Å². The van der Waals surface area contributed by atoms with Crippen LogP contribution in [0.4, 0.5) is 11.5 Å². The number of aromatic nitrogens is 2. The van der Waals surface area contributed by atoms with Gasteiger partial charge in [-0.15, -0.1) is 0 Å². The maximum Gasteiger partial charge on any atom is 0.227 e. The largest absolute Gasteiger partial charge is 0.438 e. The molecule has 0 aliphatic heterocycles. The minimum Gasteiger partial charge on any atom is -0.438 e. The maximum atomic E-state index is 5.99. The zero-order valence-corrected chi connectivity index (χ0v) is 13.2. The van der Waals surface area contributed by atoms with E-state index in [1.54, 1.807) is 0 Å². The standard InChI is InChI=1S/C16H22N4O/c1-11(2)14-15(17-3)18-10-19-16(14)21-13-8-6-7-12(9-13)20(4)5/h6-11H,1-5H3,(H,17,18,19). The molecular formula is C16H22N4O. The highest BCUT2D eigenvalue weighted by atomic mass is 16.5. The summed E-state index contributed by atoms with van der Waals surface area (Å²) in [5.41, 5.74) is 2.07. The molecule has 5 heteroatoms. The lowest BCUT2D eigenvalue weighted by Crippen LogP contribution is -2.08. The van der Waals surface area contributed by atoms with E-state index >= 15 is 0 Å². The highest BCUT2D eigenvalue weighted by Crippen LogP contribution is 2.33. The van der Waals surface area contributed by atoms with Gasteiger partial charge in [-0.25, -0.2) is 9.97 Å². The van der Waals surface area contributed by atoms with Gasteiger partial charge in [-0.05, 0) is 18.1 Å². The summed E-state index contributed by atoms with van der Waals surface area (Å²) in [5.74, 6) is 2.43. The smallest absolute Gasteiger partial charge is 0.227 e. The van der Waals surface area contributed by atoms with E-state index in [-0.39, 0.29) is 5.92 Å². The predicted molar refractivity (Wildman–Crippen MR) is 86.5 cm³/mol. The number of nitrogens with one attached hydrogen (secondary N) is 1. The van der Waals surface area contributed by atoms with Gasteiger partial charge in [-0.1, -0.05) is 19.9 Å². The number of anilines is 2. The van der Waals surface area contributed by atoms with Crippen molar-refractivity contribution in [2.24, 2.45) is 0 Å². The molecule has 0 aliphatic carbocycles. The Labute approximate surface area is 126 Å². The van der Waals surface area contributed by atoms with Crippen molar-refractivity contribution in [2.45, 2.75) is 19.8 Å². The molecule has 0 radical (unpaired) electrons. The van der Waals surface area contributed by atoms with Gasteiger partial charge in [0.2, 0.25) is 5.88 Å². The average Bonchev–Trinajstić information content (AvgIpc) is 2.46. The minimum absolute atomic E-state index is 0.265.